The van der Waals surface area contributed by atoms with E-state index in [-0.39, 0.29) is 17.7 Å². The average molecular weight is 349 g/mol. The Kier molecular flexibility index (Phi) is 4.68. The summed E-state index contributed by atoms with van der Waals surface area (Å²) < 4.78 is 28.8. The van der Waals surface area contributed by atoms with Crippen LogP contribution in [0, 0.1) is 0 Å². The highest BCUT2D eigenvalue weighted by molar-refractivity contribution is 7.97. The molecule has 1 aromatic heterocycles. The standard InChI is InChI=1S/C12H21N3O3P2S/c1-9(8-16)14-7-6-12(13-14)21(17,18)15(19-10-2-3-10)20-11-4-5-11/h6-7,9-11,16,19-20H,2-5,8H2,1H3/t9-/m1/s1. The SMILES string of the molecule is C[C@H](CO)n1ccc(S(=O)(=O)N(PC2CC2)PC2CC2)n1. The van der Waals surface area contributed by atoms with E-state index in [2.05, 4.69) is 5.10 Å². The van der Waals surface area contributed by atoms with Crippen LogP contribution < -0.4 is 0 Å². The van der Waals surface area contributed by atoms with Gasteiger partial charge in [0.05, 0.1) is 12.6 Å². The van der Waals surface area contributed by atoms with E-state index in [4.69, 9.17) is 5.11 Å². The number of hydrogen-bond acceptors (Lipinski definition) is 4. The largest absolute Gasteiger partial charge is 0.394 e. The lowest BCUT2D eigenvalue weighted by atomic mass is 10.4. The maximum Gasteiger partial charge on any atom is 0.268 e. The molecule has 9 heteroatoms. The van der Waals surface area contributed by atoms with E-state index in [1.165, 1.54) is 4.68 Å². The summed E-state index contributed by atoms with van der Waals surface area (Å²) in [5, 5.41) is 13.4. The van der Waals surface area contributed by atoms with Gasteiger partial charge in [0.1, 0.15) is 0 Å². The van der Waals surface area contributed by atoms with Gasteiger partial charge in [-0.05, 0) is 67.5 Å². The lowest BCUT2D eigenvalue weighted by Crippen LogP contribution is -2.19. The number of nitrogens with zero attached hydrogens (tertiary/aromatic N) is 3. The van der Waals surface area contributed by atoms with Crippen LogP contribution in [0.1, 0.15) is 38.6 Å². The smallest absolute Gasteiger partial charge is 0.268 e. The number of aliphatic hydroxyl groups excluding tert-OH is 1. The van der Waals surface area contributed by atoms with E-state index in [1.54, 1.807) is 23.0 Å². The van der Waals surface area contributed by atoms with Gasteiger partial charge < -0.3 is 5.11 Å². The average Bonchev–Trinajstić information content (AvgIpc) is 3.38. The molecule has 3 rings (SSSR count). The molecular weight excluding hydrogens is 328 g/mol. The molecule has 2 aliphatic carbocycles. The fourth-order valence-corrected chi connectivity index (χ4v) is 7.90. The Morgan fingerprint density at radius 3 is 2.43 bits per heavy atom. The number of rotatable bonds is 8. The van der Waals surface area contributed by atoms with Crippen molar-refractivity contribution in [3.8, 4) is 0 Å². The summed E-state index contributed by atoms with van der Waals surface area (Å²) in [6.07, 6.45) is 6.23. The topological polar surface area (TPSA) is 75.4 Å². The lowest BCUT2D eigenvalue weighted by Gasteiger charge is -2.20. The number of hydrogen-bond donors (Lipinski definition) is 1. The van der Waals surface area contributed by atoms with E-state index >= 15 is 0 Å². The Balaban J connectivity index is 1.79. The highest BCUT2D eigenvalue weighted by Gasteiger charge is 2.37. The summed E-state index contributed by atoms with van der Waals surface area (Å²) in [6, 6.07) is 1.34. The molecule has 0 spiro atoms. The second-order valence-corrected chi connectivity index (χ2v) is 11.6. The highest BCUT2D eigenvalue weighted by atomic mass is 32.2. The number of sulfonamides is 1. The first-order valence-electron chi connectivity index (χ1n) is 7.24. The highest BCUT2D eigenvalue weighted by Crippen LogP contribution is 2.54. The fourth-order valence-electron chi connectivity index (χ4n) is 1.81. The van der Waals surface area contributed by atoms with E-state index in [0.717, 1.165) is 25.7 Å². The van der Waals surface area contributed by atoms with E-state index in [1.807, 2.05) is 0 Å². The third-order valence-corrected chi connectivity index (χ3v) is 9.99. The monoisotopic (exact) mass is 349 g/mol. The number of aliphatic hydroxyl groups is 1. The summed E-state index contributed by atoms with van der Waals surface area (Å²) in [4.78, 5) is 0. The molecule has 0 amide bonds. The molecule has 21 heavy (non-hydrogen) atoms. The lowest BCUT2D eigenvalue weighted by molar-refractivity contribution is 0.228. The first-order valence-corrected chi connectivity index (χ1v) is 10.7. The summed E-state index contributed by atoms with van der Waals surface area (Å²) >= 11 is 0. The van der Waals surface area contributed by atoms with E-state index in [0.29, 0.717) is 28.8 Å². The Morgan fingerprint density at radius 1 is 1.38 bits per heavy atom. The second kappa shape index (κ2) is 6.21. The maximum absolute atomic E-state index is 12.8. The van der Waals surface area contributed by atoms with Gasteiger partial charge in [-0.3, -0.25) is 4.68 Å². The molecule has 0 radical (unpaired) electrons. The third kappa shape index (κ3) is 3.83. The molecule has 0 aromatic carbocycles. The quantitative estimate of drug-likeness (QED) is 0.728. The molecule has 0 aliphatic heterocycles. The van der Waals surface area contributed by atoms with Gasteiger partial charge in [-0.25, -0.2) is 8.42 Å². The van der Waals surface area contributed by atoms with Gasteiger partial charge >= 0.3 is 0 Å². The molecule has 2 aliphatic rings. The van der Waals surface area contributed by atoms with Crippen molar-refractivity contribution in [1.29, 1.82) is 0 Å². The molecule has 6 nitrogen and oxygen atoms in total. The predicted octanol–water partition coefficient (Wildman–Crippen LogP) is 1.94. The first-order chi connectivity index (χ1) is 10.0. The van der Waals surface area contributed by atoms with Crippen LogP contribution in [0.2, 0.25) is 0 Å². The zero-order valence-electron chi connectivity index (χ0n) is 11.9. The van der Waals surface area contributed by atoms with Crippen molar-refractivity contribution in [3.05, 3.63) is 12.3 Å². The maximum atomic E-state index is 12.8. The first kappa shape index (κ1) is 15.8. The molecule has 118 valence electrons. The Bertz CT molecular complexity index is 585. The zero-order chi connectivity index (χ0) is 15.0. The van der Waals surface area contributed by atoms with Gasteiger partial charge in [0, 0.05) is 6.20 Å². The van der Waals surface area contributed by atoms with Gasteiger partial charge in [0.25, 0.3) is 10.0 Å². The van der Waals surface area contributed by atoms with Crippen LogP contribution in [-0.4, -0.2) is 45.1 Å². The summed E-state index contributed by atoms with van der Waals surface area (Å²) in [6.45, 7) is 1.75. The van der Waals surface area contributed by atoms with Crippen LogP contribution in [0.15, 0.2) is 17.3 Å². The van der Waals surface area contributed by atoms with E-state index in [9.17, 15) is 8.42 Å². The minimum Gasteiger partial charge on any atom is -0.394 e. The molecule has 1 N–H and O–H groups in total. The minimum atomic E-state index is -3.49. The molecule has 2 unspecified atom stereocenters. The predicted molar refractivity (Wildman–Crippen MR) is 85.7 cm³/mol. The van der Waals surface area contributed by atoms with Crippen molar-refractivity contribution in [3.63, 3.8) is 0 Å². The van der Waals surface area contributed by atoms with Gasteiger partial charge in [-0.2, -0.15) is 8.94 Å². The van der Waals surface area contributed by atoms with Crippen molar-refractivity contribution in [2.75, 3.05) is 6.61 Å². The van der Waals surface area contributed by atoms with Crippen molar-refractivity contribution in [1.82, 2.24) is 13.6 Å². The number of aromatic nitrogens is 2. The van der Waals surface area contributed by atoms with Gasteiger partial charge in [0.15, 0.2) is 5.03 Å². The minimum absolute atomic E-state index is 0.0570. The van der Waals surface area contributed by atoms with Crippen molar-refractivity contribution < 1.29 is 13.5 Å². The van der Waals surface area contributed by atoms with Crippen LogP contribution in [0.25, 0.3) is 0 Å². The van der Waals surface area contributed by atoms with Crippen LogP contribution in [0.5, 0.6) is 0 Å². The van der Waals surface area contributed by atoms with Gasteiger partial charge in [0.2, 0.25) is 0 Å². The molecule has 0 bridgehead atoms. The Hall–Kier alpha value is -0.0600. The van der Waals surface area contributed by atoms with Crippen LogP contribution >= 0.6 is 17.5 Å². The third-order valence-electron chi connectivity index (χ3n) is 3.56. The summed E-state index contributed by atoms with van der Waals surface area (Å²) in [5.74, 6) is 0. The van der Waals surface area contributed by atoms with Gasteiger partial charge in [-0.15, -0.1) is 0 Å². The van der Waals surface area contributed by atoms with Crippen LogP contribution in [-0.2, 0) is 10.0 Å². The molecule has 2 fully saturated rings. The van der Waals surface area contributed by atoms with Crippen LogP contribution in [0.3, 0.4) is 0 Å². The molecule has 1 aromatic rings. The Morgan fingerprint density at radius 2 is 1.95 bits per heavy atom. The second-order valence-electron chi connectivity index (χ2n) is 5.74. The molecule has 1 heterocycles. The zero-order valence-corrected chi connectivity index (χ0v) is 14.8. The molecule has 2 saturated carbocycles. The normalized spacial score (nSPS) is 22.0. The van der Waals surface area contributed by atoms with Crippen molar-refractivity contribution in [2.45, 2.75) is 55.0 Å². The van der Waals surface area contributed by atoms with Crippen LogP contribution in [0.4, 0.5) is 0 Å². The fraction of sp³-hybridized carbons (Fsp3) is 0.750. The molecular formula is C12H21N3O3P2S. The van der Waals surface area contributed by atoms with E-state index < -0.39 is 10.0 Å². The van der Waals surface area contributed by atoms with Crippen molar-refractivity contribution in [2.24, 2.45) is 0 Å². The van der Waals surface area contributed by atoms with Gasteiger partial charge in [-0.1, -0.05) is 0 Å². The van der Waals surface area contributed by atoms with Crippen molar-refractivity contribution >= 4 is 27.5 Å². The Labute approximate surface area is 129 Å². The summed E-state index contributed by atoms with van der Waals surface area (Å²) in [7, 11) is -2.76. The molecule has 3 atom stereocenters. The summed E-state index contributed by atoms with van der Waals surface area (Å²) in [5.41, 5.74) is 1.12. The molecule has 0 saturated heterocycles.